The Labute approximate surface area is 99.5 Å². The second-order valence-electron chi connectivity index (χ2n) is 4.02. The summed E-state index contributed by atoms with van der Waals surface area (Å²) < 4.78 is 1.53. The molecule has 0 atom stereocenters. The molecule has 4 nitrogen and oxygen atoms in total. The molecule has 0 aliphatic rings. The number of rotatable bonds is 2. The summed E-state index contributed by atoms with van der Waals surface area (Å²) in [7, 11) is 0. The molecule has 17 heavy (non-hydrogen) atoms. The van der Waals surface area contributed by atoms with E-state index in [1.54, 1.807) is 12.3 Å². The number of aromatic nitrogens is 1. The van der Waals surface area contributed by atoms with E-state index in [-0.39, 0.29) is 12.1 Å². The summed E-state index contributed by atoms with van der Waals surface area (Å²) in [5.41, 5.74) is 14.1. The Balaban J connectivity index is 2.67. The maximum atomic E-state index is 12.1. The smallest absolute Gasteiger partial charge is 0.259 e. The number of hydrogen-bond donors (Lipinski definition) is 2. The number of nitrogen functional groups attached to an aromatic ring is 1. The van der Waals surface area contributed by atoms with Gasteiger partial charge in [0.15, 0.2) is 0 Å². The summed E-state index contributed by atoms with van der Waals surface area (Å²) in [5, 5.41) is 0. The molecule has 0 bridgehead atoms. The second-order valence-corrected chi connectivity index (χ2v) is 4.02. The number of nitrogens with zero attached hydrogens (tertiary/aromatic N) is 1. The van der Waals surface area contributed by atoms with Crippen molar-refractivity contribution < 1.29 is 0 Å². The Hall–Kier alpha value is -2.07. The van der Waals surface area contributed by atoms with E-state index in [2.05, 4.69) is 0 Å². The normalized spacial score (nSPS) is 10.5. The zero-order chi connectivity index (χ0) is 12.4. The third-order valence-electron chi connectivity index (χ3n) is 2.61. The number of nitrogens with two attached hydrogens (primary N) is 2. The van der Waals surface area contributed by atoms with Gasteiger partial charge < -0.3 is 11.5 Å². The number of pyridine rings is 1. The van der Waals surface area contributed by atoms with Gasteiger partial charge >= 0.3 is 0 Å². The molecule has 0 aliphatic carbocycles. The molecule has 88 valence electrons. The van der Waals surface area contributed by atoms with Gasteiger partial charge in [0.1, 0.15) is 0 Å². The number of aryl methyl sites for hydroxylation is 1. The molecule has 0 fully saturated rings. The van der Waals surface area contributed by atoms with E-state index in [4.69, 9.17) is 11.5 Å². The van der Waals surface area contributed by atoms with Crippen LogP contribution in [0.4, 0.5) is 5.69 Å². The summed E-state index contributed by atoms with van der Waals surface area (Å²) in [6.45, 7) is 2.17. The highest BCUT2D eigenvalue weighted by molar-refractivity contribution is 5.44. The van der Waals surface area contributed by atoms with Gasteiger partial charge in [-0.05, 0) is 30.7 Å². The molecule has 0 aliphatic heterocycles. The van der Waals surface area contributed by atoms with Crippen LogP contribution < -0.4 is 17.0 Å². The van der Waals surface area contributed by atoms with Crippen molar-refractivity contribution >= 4 is 5.69 Å². The summed E-state index contributed by atoms with van der Waals surface area (Å²) in [4.78, 5) is 12.1. The molecule has 0 spiro atoms. The summed E-state index contributed by atoms with van der Waals surface area (Å²) >= 11 is 0. The minimum absolute atomic E-state index is 0.118. The van der Waals surface area contributed by atoms with Gasteiger partial charge in [0.25, 0.3) is 5.56 Å². The van der Waals surface area contributed by atoms with E-state index in [9.17, 15) is 4.79 Å². The van der Waals surface area contributed by atoms with Gasteiger partial charge in [0.05, 0.1) is 0 Å². The lowest BCUT2D eigenvalue weighted by atomic mass is 10.2. The quantitative estimate of drug-likeness (QED) is 0.812. The van der Waals surface area contributed by atoms with Gasteiger partial charge in [-0.25, -0.2) is 0 Å². The standard InChI is InChI=1S/C13H15N3O/c1-9-3-2-4-12(5-9)16-8-11(15)6-10(7-14)13(16)17/h2-6,8H,7,14-15H2,1H3. The Morgan fingerprint density at radius 1 is 1.29 bits per heavy atom. The molecule has 2 aromatic rings. The molecule has 0 radical (unpaired) electrons. The van der Waals surface area contributed by atoms with Crippen LogP contribution in [0.15, 0.2) is 41.3 Å². The predicted octanol–water partition coefficient (Wildman–Crippen LogP) is 1.19. The van der Waals surface area contributed by atoms with E-state index in [0.717, 1.165) is 11.3 Å². The topological polar surface area (TPSA) is 74.0 Å². The molecule has 1 aromatic carbocycles. The molecule has 1 heterocycles. The van der Waals surface area contributed by atoms with E-state index >= 15 is 0 Å². The van der Waals surface area contributed by atoms with Crippen molar-refractivity contribution in [3.63, 3.8) is 0 Å². The van der Waals surface area contributed by atoms with Crippen LogP contribution in [0.5, 0.6) is 0 Å². The first-order valence-electron chi connectivity index (χ1n) is 5.40. The zero-order valence-corrected chi connectivity index (χ0v) is 9.68. The van der Waals surface area contributed by atoms with Crippen molar-refractivity contribution in [3.05, 3.63) is 58.0 Å². The molecule has 1 aromatic heterocycles. The predicted molar refractivity (Wildman–Crippen MR) is 69.1 cm³/mol. The van der Waals surface area contributed by atoms with E-state index < -0.39 is 0 Å². The maximum absolute atomic E-state index is 12.1. The monoisotopic (exact) mass is 229 g/mol. The lowest BCUT2D eigenvalue weighted by Crippen LogP contribution is -2.24. The zero-order valence-electron chi connectivity index (χ0n) is 9.68. The van der Waals surface area contributed by atoms with Crippen molar-refractivity contribution in [2.45, 2.75) is 13.5 Å². The van der Waals surface area contributed by atoms with Crippen LogP contribution in [-0.2, 0) is 6.54 Å². The average Bonchev–Trinajstić information content (AvgIpc) is 2.31. The van der Waals surface area contributed by atoms with Crippen molar-refractivity contribution in [3.8, 4) is 5.69 Å². The molecular weight excluding hydrogens is 214 g/mol. The maximum Gasteiger partial charge on any atom is 0.259 e. The van der Waals surface area contributed by atoms with Crippen molar-refractivity contribution in [2.75, 3.05) is 5.73 Å². The molecule has 0 saturated carbocycles. The molecule has 0 amide bonds. The van der Waals surface area contributed by atoms with Crippen LogP contribution in [0.25, 0.3) is 5.69 Å². The van der Waals surface area contributed by atoms with Crippen molar-refractivity contribution in [2.24, 2.45) is 5.73 Å². The van der Waals surface area contributed by atoms with E-state index in [1.807, 2.05) is 31.2 Å². The van der Waals surface area contributed by atoms with Crippen LogP contribution in [0.1, 0.15) is 11.1 Å². The van der Waals surface area contributed by atoms with Gasteiger partial charge in [-0.15, -0.1) is 0 Å². The van der Waals surface area contributed by atoms with E-state index in [0.29, 0.717) is 11.3 Å². The van der Waals surface area contributed by atoms with Crippen LogP contribution in [0.2, 0.25) is 0 Å². The number of anilines is 1. The van der Waals surface area contributed by atoms with Crippen LogP contribution in [0, 0.1) is 6.92 Å². The molecular formula is C13H15N3O. The van der Waals surface area contributed by atoms with Gasteiger partial charge in [0.2, 0.25) is 0 Å². The first-order chi connectivity index (χ1) is 8.11. The highest BCUT2D eigenvalue weighted by Gasteiger charge is 2.05. The lowest BCUT2D eigenvalue weighted by Gasteiger charge is -2.09. The largest absolute Gasteiger partial charge is 0.398 e. The number of hydrogen-bond acceptors (Lipinski definition) is 3. The molecule has 0 saturated heterocycles. The molecule has 4 heteroatoms. The first-order valence-corrected chi connectivity index (χ1v) is 5.40. The number of benzene rings is 1. The highest BCUT2D eigenvalue weighted by Crippen LogP contribution is 2.11. The molecule has 2 rings (SSSR count). The molecule has 4 N–H and O–H groups in total. The SMILES string of the molecule is Cc1cccc(-n2cc(N)cc(CN)c2=O)c1. The van der Waals surface area contributed by atoms with Crippen molar-refractivity contribution in [1.29, 1.82) is 0 Å². The Morgan fingerprint density at radius 3 is 2.71 bits per heavy atom. The fraction of sp³-hybridized carbons (Fsp3) is 0.154. The Morgan fingerprint density at radius 2 is 2.06 bits per heavy atom. The average molecular weight is 229 g/mol. The fourth-order valence-corrected chi connectivity index (χ4v) is 1.78. The highest BCUT2D eigenvalue weighted by atomic mass is 16.1. The van der Waals surface area contributed by atoms with Gasteiger partial charge in [-0.1, -0.05) is 12.1 Å². The minimum atomic E-state index is -0.118. The second kappa shape index (κ2) is 4.43. The minimum Gasteiger partial charge on any atom is -0.398 e. The fourth-order valence-electron chi connectivity index (χ4n) is 1.78. The summed E-state index contributed by atoms with van der Waals surface area (Å²) in [6.07, 6.45) is 1.62. The van der Waals surface area contributed by atoms with Crippen molar-refractivity contribution in [1.82, 2.24) is 4.57 Å². The summed E-state index contributed by atoms with van der Waals surface area (Å²) in [5.74, 6) is 0. The van der Waals surface area contributed by atoms with Crippen LogP contribution in [-0.4, -0.2) is 4.57 Å². The Bertz CT molecular complexity index is 602. The summed E-state index contributed by atoms with van der Waals surface area (Å²) in [6, 6.07) is 9.30. The van der Waals surface area contributed by atoms with Crippen LogP contribution >= 0.6 is 0 Å². The van der Waals surface area contributed by atoms with Gasteiger partial charge in [-0.3, -0.25) is 9.36 Å². The molecule has 0 unspecified atom stereocenters. The third kappa shape index (κ3) is 2.21. The van der Waals surface area contributed by atoms with Crippen LogP contribution in [0.3, 0.4) is 0 Å². The first kappa shape index (κ1) is 11.4. The van der Waals surface area contributed by atoms with E-state index in [1.165, 1.54) is 4.57 Å². The van der Waals surface area contributed by atoms with Gasteiger partial charge in [0, 0.05) is 29.7 Å². The third-order valence-corrected chi connectivity index (χ3v) is 2.61. The Kier molecular flexibility index (Phi) is 2.97. The van der Waals surface area contributed by atoms with Gasteiger partial charge in [-0.2, -0.15) is 0 Å². The lowest BCUT2D eigenvalue weighted by molar-refractivity contribution is 0.927.